The minimum atomic E-state index is -0.280. The van der Waals surface area contributed by atoms with Crippen molar-refractivity contribution in [2.75, 3.05) is 6.54 Å². The Hall–Kier alpha value is -0.900. The third kappa shape index (κ3) is 4.58. The minimum absolute atomic E-state index is 0.280. The first-order valence-corrected chi connectivity index (χ1v) is 8.14. The van der Waals surface area contributed by atoms with E-state index in [1.165, 1.54) is 17.0 Å². The summed E-state index contributed by atoms with van der Waals surface area (Å²) in [6.45, 7) is 3.03. The molecule has 0 spiro atoms. The number of benzene rings is 1. The van der Waals surface area contributed by atoms with Gasteiger partial charge in [0.05, 0.1) is 0 Å². The highest BCUT2D eigenvalue weighted by Gasteiger charge is 2.12. The van der Waals surface area contributed by atoms with Crippen LogP contribution in [0.25, 0.3) is 0 Å². The highest BCUT2D eigenvalue weighted by molar-refractivity contribution is 7.09. The van der Waals surface area contributed by atoms with Crippen LogP contribution in [0.5, 0.6) is 0 Å². The van der Waals surface area contributed by atoms with E-state index in [4.69, 9.17) is 11.6 Å². The number of thiophene rings is 1. The molecule has 1 unspecified atom stereocenters. The topological polar surface area (TPSA) is 12.0 Å². The van der Waals surface area contributed by atoms with Crippen molar-refractivity contribution in [2.24, 2.45) is 0 Å². The van der Waals surface area contributed by atoms with Crippen LogP contribution in [0.15, 0.2) is 35.7 Å². The molecule has 1 heterocycles. The van der Waals surface area contributed by atoms with Crippen molar-refractivity contribution in [1.82, 2.24) is 5.32 Å². The van der Waals surface area contributed by atoms with Crippen LogP contribution >= 0.6 is 22.9 Å². The number of hydrogen-bond acceptors (Lipinski definition) is 2. The van der Waals surface area contributed by atoms with Crippen LogP contribution in [0.2, 0.25) is 5.02 Å². The number of likely N-dealkylation sites (N-methyl/N-ethyl adjacent to an activating group) is 1. The minimum Gasteiger partial charge on any atom is -0.314 e. The quantitative estimate of drug-likeness (QED) is 0.782. The van der Waals surface area contributed by atoms with Crippen LogP contribution < -0.4 is 5.32 Å². The summed E-state index contributed by atoms with van der Waals surface area (Å²) in [6.07, 6.45) is 2.95. The molecule has 0 aliphatic rings. The van der Waals surface area contributed by atoms with E-state index in [1.54, 1.807) is 17.4 Å². The Morgan fingerprint density at radius 2 is 2.20 bits per heavy atom. The van der Waals surface area contributed by atoms with E-state index in [-0.39, 0.29) is 5.82 Å². The van der Waals surface area contributed by atoms with Gasteiger partial charge in [-0.25, -0.2) is 4.39 Å². The van der Waals surface area contributed by atoms with Crippen LogP contribution in [0.3, 0.4) is 0 Å². The van der Waals surface area contributed by atoms with Gasteiger partial charge in [-0.3, -0.25) is 0 Å². The Morgan fingerprint density at radius 3 is 2.85 bits per heavy atom. The van der Waals surface area contributed by atoms with Crippen LogP contribution in [0, 0.1) is 5.82 Å². The Bertz CT molecular complexity index is 527. The lowest BCUT2D eigenvalue weighted by atomic mass is 10.0. The maximum atomic E-state index is 13.1. The van der Waals surface area contributed by atoms with Gasteiger partial charge in [-0.05, 0) is 54.9 Å². The zero-order valence-electron chi connectivity index (χ0n) is 11.5. The van der Waals surface area contributed by atoms with E-state index in [0.717, 1.165) is 31.4 Å². The normalized spacial score (nSPS) is 12.6. The largest absolute Gasteiger partial charge is 0.314 e. The average molecular weight is 312 g/mol. The van der Waals surface area contributed by atoms with E-state index >= 15 is 0 Å². The van der Waals surface area contributed by atoms with Crippen molar-refractivity contribution in [1.29, 1.82) is 0 Å². The van der Waals surface area contributed by atoms with E-state index in [9.17, 15) is 4.39 Å². The fraction of sp³-hybridized carbons (Fsp3) is 0.375. The predicted molar refractivity (Wildman–Crippen MR) is 85.2 cm³/mol. The molecule has 0 aliphatic carbocycles. The second-order valence-electron chi connectivity index (χ2n) is 4.81. The third-order valence-electron chi connectivity index (χ3n) is 3.29. The van der Waals surface area contributed by atoms with Crippen molar-refractivity contribution in [3.05, 3.63) is 57.0 Å². The zero-order valence-corrected chi connectivity index (χ0v) is 13.1. The van der Waals surface area contributed by atoms with Gasteiger partial charge in [0.25, 0.3) is 0 Å². The van der Waals surface area contributed by atoms with Crippen LogP contribution in [-0.2, 0) is 12.8 Å². The molecule has 1 aromatic heterocycles. The molecule has 1 aromatic carbocycles. The molecular formula is C16H19ClFNS. The Morgan fingerprint density at radius 1 is 1.35 bits per heavy atom. The number of hydrogen-bond donors (Lipinski definition) is 1. The Kier molecular flexibility index (Phi) is 6.02. The summed E-state index contributed by atoms with van der Waals surface area (Å²) in [5, 5.41) is 6.11. The van der Waals surface area contributed by atoms with E-state index in [0.29, 0.717) is 11.1 Å². The molecule has 0 fully saturated rings. The second kappa shape index (κ2) is 7.77. The lowest BCUT2D eigenvalue weighted by molar-refractivity contribution is 0.492. The second-order valence-corrected chi connectivity index (χ2v) is 6.25. The molecule has 4 heteroatoms. The van der Waals surface area contributed by atoms with Crippen molar-refractivity contribution in [3.63, 3.8) is 0 Å². The Labute approximate surface area is 128 Å². The number of aryl methyl sites for hydroxylation is 1. The fourth-order valence-corrected chi connectivity index (χ4v) is 3.26. The highest BCUT2D eigenvalue weighted by Crippen LogP contribution is 2.20. The number of nitrogens with one attached hydrogen (secondary N) is 1. The molecule has 0 radical (unpaired) electrons. The molecule has 0 amide bonds. The highest BCUT2D eigenvalue weighted by atomic mass is 35.5. The molecule has 1 atom stereocenters. The van der Waals surface area contributed by atoms with Gasteiger partial charge in [0.2, 0.25) is 0 Å². The third-order valence-corrected chi connectivity index (χ3v) is 4.58. The standard InChI is InChI=1S/C16H19ClFNS/c1-2-19-14(7-8-15-4-3-9-20-15)10-12-5-6-13(18)11-16(12)17/h3-6,9,11,14,19H,2,7-8,10H2,1H3. The fourth-order valence-electron chi connectivity index (χ4n) is 2.29. The summed E-state index contributed by atoms with van der Waals surface area (Å²) in [5.41, 5.74) is 1.00. The van der Waals surface area contributed by atoms with Crippen LogP contribution in [0.1, 0.15) is 23.8 Å². The van der Waals surface area contributed by atoms with Gasteiger partial charge >= 0.3 is 0 Å². The molecule has 2 rings (SSSR count). The summed E-state index contributed by atoms with van der Waals surface area (Å²) in [7, 11) is 0. The van der Waals surface area contributed by atoms with Gasteiger partial charge in [0, 0.05) is 15.9 Å². The molecule has 1 nitrogen and oxygen atoms in total. The predicted octanol–water partition coefficient (Wildman–Crippen LogP) is 4.69. The van der Waals surface area contributed by atoms with Crippen LogP contribution in [0.4, 0.5) is 4.39 Å². The molecule has 2 aromatic rings. The molecule has 1 N–H and O–H groups in total. The maximum Gasteiger partial charge on any atom is 0.124 e. The van der Waals surface area contributed by atoms with Crippen LogP contribution in [-0.4, -0.2) is 12.6 Å². The van der Waals surface area contributed by atoms with E-state index < -0.39 is 0 Å². The number of halogens is 2. The van der Waals surface area contributed by atoms with Gasteiger partial charge in [-0.15, -0.1) is 11.3 Å². The van der Waals surface area contributed by atoms with Gasteiger partial charge < -0.3 is 5.32 Å². The molecule has 0 saturated heterocycles. The Balaban J connectivity index is 1.97. The molecule has 0 saturated carbocycles. The van der Waals surface area contributed by atoms with E-state index in [2.05, 4.69) is 29.8 Å². The van der Waals surface area contributed by atoms with Crippen molar-refractivity contribution in [3.8, 4) is 0 Å². The monoisotopic (exact) mass is 311 g/mol. The summed E-state index contributed by atoms with van der Waals surface area (Å²) in [6, 6.07) is 9.26. The zero-order chi connectivity index (χ0) is 14.4. The average Bonchev–Trinajstić information content (AvgIpc) is 2.92. The van der Waals surface area contributed by atoms with Gasteiger partial charge in [0.15, 0.2) is 0 Å². The lowest BCUT2D eigenvalue weighted by Crippen LogP contribution is -2.31. The van der Waals surface area contributed by atoms with Crippen molar-refractivity contribution in [2.45, 2.75) is 32.2 Å². The summed E-state index contributed by atoms with van der Waals surface area (Å²) in [4.78, 5) is 1.40. The van der Waals surface area contributed by atoms with Gasteiger partial charge in [-0.2, -0.15) is 0 Å². The van der Waals surface area contributed by atoms with Crippen molar-refractivity contribution < 1.29 is 4.39 Å². The maximum absolute atomic E-state index is 13.1. The lowest BCUT2D eigenvalue weighted by Gasteiger charge is -2.18. The van der Waals surface area contributed by atoms with E-state index in [1.807, 2.05) is 0 Å². The summed E-state index contributed by atoms with van der Waals surface area (Å²) < 4.78 is 13.1. The molecule has 0 aliphatic heterocycles. The molecular weight excluding hydrogens is 293 g/mol. The van der Waals surface area contributed by atoms with Gasteiger partial charge in [0.1, 0.15) is 5.82 Å². The SMILES string of the molecule is CCNC(CCc1cccs1)Cc1ccc(F)cc1Cl. The molecule has 0 bridgehead atoms. The summed E-state index contributed by atoms with van der Waals surface area (Å²) in [5.74, 6) is -0.280. The first kappa shape index (κ1) is 15.5. The van der Waals surface area contributed by atoms with Crippen molar-refractivity contribution >= 4 is 22.9 Å². The summed E-state index contributed by atoms with van der Waals surface area (Å²) >= 11 is 7.90. The molecule has 20 heavy (non-hydrogen) atoms. The first-order chi connectivity index (χ1) is 9.69. The van der Waals surface area contributed by atoms with Gasteiger partial charge in [-0.1, -0.05) is 30.7 Å². The molecule has 108 valence electrons. The number of rotatable bonds is 7. The first-order valence-electron chi connectivity index (χ1n) is 6.88. The smallest absolute Gasteiger partial charge is 0.124 e.